The summed E-state index contributed by atoms with van der Waals surface area (Å²) in [7, 11) is 3.68. The van der Waals surface area contributed by atoms with E-state index in [0.717, 1.165) is 0 Å². The lowest BCUT2D eigenvalue weighted by molar-refractivity contribution is 0.397. The largest absolute Gasteiger partial charge is 0.424 e. The fourth-order valence-corrected chi connectivity index (χ4v) is 1.81. The van der Waals surface area contributed by atoms with Crippen LogP contribution in [-0.2, 0) is 0 Å². The van der Waals surface area contributed by atoms with Gasteiger partial charge in [0.1, 0.15) is 11.5 Å². The molecule has 0 spiro atoms. The van der Waals surface area contributed by atoms with Crippen LogP contribution in [0.4, 0.5) is 5.95 Å². The second-order valence-electron chi connectivity index (χ2n) is 4.93. The Morgan fingerprint density at radius 3 is 1.48 bits per heavy atom. The first-order valence-electron chi connectivity index (χ1n) is 7.10. The molecule has 0 aliphatic carbocycles. The van der Waals surface area contributed by atoms with E-state index >= 15 is 0 Å². The number of para-hydroxylation sites is 2. The normalized spacial score (nSPS) is 10.2. The van der Waals surface area contributed by atoms with E-state index in [4.69, 9.17) is 9.47 Å². The number of hydrogen-bond donors (Lipinski definition) is 0. The van der Waals surface area contributed by atoms with Crippen molar-refractivity contribution in [1.82, 2.24) is 15.0 Å². The fraction of sp³-hybridized carbons (Fsp3) is 0.118. The second-order valence-corrected chi connectivity index (χ2v) is 4.93. The van der Waals surface area contributed by atoms with Gasteiger partial charge in [-0.1, -0.05) is 36.4 Å². The number of ether oxygens (including phenoxy) is 2. The number of benzene rings is 2. The maximum Gasteiger partial charge on any atom is 0.330 e. The van der Waals surface area contributed by atoms with Crippen molar-refractivity contribution in [2.24, 2.45) is 0 Å². The van der Waals surface area contributed by atoms with Gasteiger partial charge in [-0.25, -0.2) is 0 Å². The van der Waals surface area contributed by atoms with Crippen LogP contribution in [0.1, 0.15) is 0 Å². The van der Waals surface area contributed by atoms with Gasteiger partial charge in [0.05, 0.1) is 0 Å². The average Bonchev–Trinajstić information content (AvgIpc) is 2.56. The van der Waals surface area contributed by atoms with Crippen LogP contribution < -0.4 is 14.4 Å². The molecule has 0 bridgehead atoms. The Hall–Kier alpha value is -3.15. The van der Waals surface area contributed by atoms with Crippen LogP contribution in [0.15, 0.2) is 60.7 Å². The van der Waals surface area contributed by atoms with Gasteiger partial charge in [0, 0.05) is 14.1 Å². The molecule has 116 valence electrons. The summed E-state index contributed by atoms with van der Waals surface area (Å²) < 4.78 is 11.4. The van der Waals surface area contributed by atoms with E-state index in [0.29, 0.717) is 17.4 Å². The van der Waals surface area contributed by atoms with Gasteiger partial charge in [-0.2, -0.15) is 9.97 Å². The minimum Gasteiger partial charge on any atom is -0.424 e. The van der Waals surface area contributed by atoms with Crippen LogP contribution in [0.2, 0.25) is 0 Å². The molecule has 0 amide bonds. The third kappa shape index (κ3) is 3.94. The van der Waals surface area contributed by atoms with Crippen molar-refractivity contribution in [3.05, 3.63) is 60.7 Å². The SMILES string of the molecule is CN(C)c1nc(Oc2ccccc2)nc(Oc2ccccc2)n1. The lowest BCUT2D eigenvalue weighted by Crippen LogP contribution is -2.14. The maximum absolute atomic E-state index is 5.68. The molecule has 0 saturated carbocycles. The molecule has 0 aliphatic rings. The Bertz CT molecular complexity index is 704. The Labute approximate surface area is 134 Å². The first kappa shape index (κ1) is 14.8. The molecule has 3 aromatic rings. The monoisotopic (exact) mass is 308 g/mol. The molecule has 2 aromatic carbocycles. The lowest BCUT2D eigenvalue weighted by Gasteiger charge is -2.13. The number of aromatic nitrogens is 3. The first-order chi connectivity index (χ1) is 11.2. The summed E-state index contributed by atoms with van der Waals surface area (Å²) in [6.45, 7) is 0. The fourth-order valence-electron chi connectivity index (χ4n) is 1.81. The minimum absolute atomic E-state index is 0.181. The van der Waals surface area contributed by atoms with Gasteiger partial charge in [0.2, 0.25) is 5.95 Å². The van der Waals surface area contributed by atoms with E-state index in [1.54, 1.807) is 4.90 Å². The van der Waals surface area contributed by atoms with Gasteiger partial charge in [-0.15, -0.1) is 4.98 Å². The van der Waals surface area contributed by atoms with E-state index in [9.17, 15) is 0 Å². The number of anilines is 1. The van der Waals surface area contributed by atoms with Crippen LogP contribution >= 0.6 is 0 Å². The van der Waals surface area contributed by atoms with Gasteiger partial charge < -0.3 is 14.4 Å². The van der Waals surface area contributed by atoms with E-state index in [1.165, 1.54) is 0 Å². The van der Waals surface area contributed by atoms with E-state index in [2.05, 4.69) is 15.0 Å². The molecule has 6 heteroatoms. The smallest absolute Gasteiger partial charge is 0.330 e. The van der Waals surface area contributed by atoms with Gasteiger partial charge in [-0.05, 0) is 24.3 Å². The van der Waals surface area contributed by atoms with Crippen LogP contribution in [0.3, 0.4) is 0 Å². The van der Waals surface area contributed by atoms with Crippen molar-refractivity contribution in [3.8, 4) is 23.5 Å². The van der Waals surface area contributed by atoms with E-state index in [-0.39, 0.29) is 12.0 Å². The van der Waals surface area contributed by atoms with Crippen molar-refractivity contribution in [2.75, 3.05) is 19.0 Å². The highest BCUT2D eigenvalue weighted by molar-refractivity contribution is 5.33. The highest BCUT2D eigenvalue weighted by Crippen LogP contribution is 2.23. The summed E-state index contributed by atoms with van der Waals surface area (Å²) in [5.41, 5.74) is 0. The van der Waals surface area contributed by atoms with Crippen molar-refractivity contribution in [2.45, 2.75) is 0 Å². The van der Waals surface area contributed by atoms with Crippen LogP contribution in [-0.4, -0.2) is 29.0 Å². The van der Waals surface area contributed by atoms with Crippen molar-refractivity contribution < 1.29 is 9.47 Å². The molecule has 0 fully saturated rings. The van der Waals surface area contributed by atoms with Crippen molar-refractivity contribution in [3.63, 3.8) is 0 Å². The van der Waals surface area contributed by atoms with Crippen molar-refractivity contribution >= 4 is 5.95 Å². The van der Waals surface area contributed by atoms with Crippen LogP contribution in [0, 0.1) is 0 Å². The molecule has 0 atom stereocenters. The van der Waals surface area contributed by atoms with Crippen LogP contribution in [0.5, 0.6) is 23.5 Å². The zero-order chi connectivity index (χ0) is 16.1. The molecule has 0 N–H and O–H groups in total. The number of nitrogens with zero attached hydrogens (tertiary/aromatic N) is 4. The third-order valence-electron chi connectivity index (χ3n) is 2.89. The molecule has 0 unspecified atom stereocenters. The third-order valence-corrected chi connectivity index (χ3v) is 2.89. The quantitative estimate of drug-likeness (QED) is 0.718. The molecule has 1 heterocycles. The summed E-state index contributed by atoms with van der Waals surface area (Å²) >= 11 is 0. The molecule has 6 nitrogen and oxygen atoms in total. The molecule has 3 rings (SSSR count). The molecule has 1 aromatic heterocycles. The first-order valence-corrected chi connectivity index (χ1v) is 7.10. The van der Waals surface area contributed by atoms with Gasteiger partial charge in [0.15, 0.2) is 0 Å². The Morgan fingerprint density at radius 1 is 0.652 bits per heavy atom. The zero-order valence-corrected chi connectivity index (χ0v) is 12.9. The predicted molar refractivity (Wildman–Crippen MR) is 87.2 cm³/mol. The molecular weight excluding hydrogens is 292 g/mol. The Balaban J connectivity index is 1.90. The van der Waals surface area contributed by atoms with Gasteiger partial charge in [0.25, 0.3) is 0 Å². The number of rotatable bonds is 5. The summed E-state index contributed by atoms with van der Waals surface area (Å²) in [6.07, 6.45) is 0. The highest BCUT2D eigenvalue weighted by Gasteiger charge is 2.11. The van der Waals surface area contributed by atoms with E-state index in [1.807, 2.05) is 74.8 Å². The van der Waals surface area contributed by atoms with Gasteiger partial charge in [-0.3, -0.25) is 0 Å². The molecule has 0 aliphatic heterocycles. The predicted octanol–water partition coefficient (Wildman–Crippen LogP) is 3.52. The summed E-state index contributed by atoms with van der Waals surface area (Å²) in [6, 6.07) is 19.0. The number of hydrogen-bond acceptors (Lipinski definition) is 6. The Morgan fingerprint density at radius 2 is 1.09 bits per heavy atom. The summed E-state index contributed by atoms with van der Waals surface area (Å²) in [4.78, 5) is 14.5. The minimum atomic E-state index is 0.181. The lowest BCUT2D eigenvalue weighted by atomic mass is 10.3. The van der Waals surface area contributed by atoms with Crippen LogP contribution in [0.25, 0.3) is 0 Å². The second kappa shape index (κ2) is 6.74. The summed E-state index contributed by atoms with van der Waals surface area (Å²) in [5, 5.41) is 0. The highest BCUT2D eigenvalue weighted by atomic mass is 16.5. The molecule has 0 saturated heterocycles. The Kier molecular flexibility index (Phi) is 4.33. The standard InChI is InChI=1S/C17H16N4O2/c1-21(2)15-18-16(22-13-9-5-3-6-10-13)20-17(19-15)23-14-11-7-4-8-12-14/h3-12H,1-2H3. The maximum atomic E-state index is 5.68. The molecular formula is C17H16N4O2. The zero-order valence-electron chi connectivity index (χ0n) is 12.9. The molecule has 0 radical (unpaired) electrons. The van der Waals surface area contributed by atoms with Gasteiger partial charge >= 0.3 is 12.0 Å². The average molecular weight is 308 g/mol. The topological polar surface area (TPSA) is 60.4 Å². The van der Waals surface area contributed by atoms with Crippen molar-refractivity contribution in [1.29, 1.82) is 0 Å². The molecule has 23 heavy (non-hydrogen) atoms. The van der Waals surface area contributed by atoms with E-state index < -0.39 is 0 Å². The summed E-state index contributed by atoms with van der Waals surface area (Å²) in [5.74, 6) is 1.75.